The van der Waals surface area contributed by atoms with Crippen LogP contribution in [0.2, 0.25) is 0 Å². The van der Waals surface area contributed by atoms with E-state index in [1.165, 1.54) is 0 Å². The molecule has 0 aromatic carbocycles. The van der Waals surface area contributed by atoms with Gasteiger partial charge in [-0.15, -0.1) is 0 Å². The summed E-state index contributed by atoms with van der Waals surface area (Å²) in [5.74, 6) is 0.479. The molecule has 2 N–H and O–H groups in total. The predicted octanol–water partition coefficient (Wildman–Crippen LogP) is 3.11. The molecular formula is C11H22F3NO. The summed E-state index contributed by atoms with van der Waals surface area (Å²) in [5.41, 5.74) is 5.40. The van der Waals surface area contributed by atoms with Crippen molar-refractivity contribution in [2.24, 2.45) is 11.7 Å². The van der Waals surface area contributed by atoms with Crippen molar-refractivity contribution in [1.29, 1.82) is 0 Å². The molecule has 0 aliphatic carbocycles. The van der Waals surface area contributed by atoms with Gasteiger partial charge in [0.05, 0.1) is 0 Å². The molecule has 16 heavy (non-hydrogen) atoms. The van der Waals surface area contributed by atoms with Gasteiger partial charge in [0.1, 0.15) is 0 Å². The normalized spacial score (nSPS) is 16.5. The summed E-state index contributed by atoms with van der Waals surface area (Å²) in [7, 11) is 0. The molecule has 0 rings (SSSR count). The highest BCUT2D eigenvalue weighted by Crippen LogP contribution is 2.26. The minimum atomic E-state index is -4.37. The van der Waals surface area contributed by atoms with Crippen LogP contribution in [0.1, 0.15) is 40.0 Å². The summed E-state index contributed by atoms with van der Waals surface area (Å²) in [6.07, 6.45) is -4.43. The highest BCUT2D eigenvalue weighted by atomic mass is 19.4. The fourth-order valence-electron chi connectivity index (χ4n) is 1.38. The summed E-state index contributed by atoms with van der Waals surface area (Å²) in [6, 6.07) is -0.973. The number of ether oxygens (including phenoxy) is 1. The first-order chi connectivity index (χ1) is 7.29. The Bertz CT molecular complexity index is 183. The van der Waals surface area contributed by atoms with Crippen molar-refractivity contribution < 1.29 is 17.9 Å². The van der Waals surface area contributed by atoms with Crippen LogP contribution in [0.15, 0.2) is 0 Å². The minimum Gasteiger partial charge on any atom is -0.367 e. The molecule has 5 heteroatoms. The smallest absolute Gasteiger partial charge is 0.367 e. The summed E-state index contributed by atoms with van der Waals surface area (Å²) >= 11 is 0. The third kappa shape index (κ3) is 6.33. The first-order valence-corrected chi connectivity index (χ1v) is 5.72. The summed E-state index contributed by atoms with van der Waals surface area (Å²) in [4.78, 5) is 0. The Morgan fingerprint density at radius 3 is 2.19 bits per heavy atom. The summed E-state index contributed by atoms with van der Waals surface area (Å²) < 4.78 is 42.5. The molecule has 2 atom stereocenters. The maximum absolute atomic E-state index is 12.5. The van der Waals surface area contributed by atoms with Gasteiger partial charge in [0.25, 0.3) is 0 Å². The van der Waals surface area contributed by atoms with Crippen LogP contribution in [0.4, 0.5) is 13.2 Å². The van der Waals surface area contributed by atoms with E-state index in [0.717, 1.165) is 6.42 Å². The molecule has 0 fully saturated rings. The molecule has 98 valence electrons. The first kappa shape index (κ1) is 15.7. The van der Waals surface area contributed by atoms with Gasteiger partial charge in [-0.2, -0.15) is 13.2 Å². The molecule has 0 amide bonds. The second kappa shape index (κ2) is 7.12. The molecule has 0 aliphatic rings. The lowest BCUT2D eigenvalue weighted by atomic mass is 10.1. The maximum Gasteiger partial charge on any atom is 0.416 e. The number of alkyl halides is 3. The quantitative estimate of drug-likeness (QED) is 0.695. The van der Waals surface area contributed by atoms with E-state index in [0.29, 0.717) is 12.3 Å². The zero-order valence-corrected chi connectivity index (χ0v) is 10.2. The number of halogens is 3. The Morgan fingerprint density at radius 2 is 1.81 bits per heavy atom. The van der Waals surface area contributed by atoms with E-state index in [1.807, 2.05) is 13.8 Å². The zero-order chi connectivity index (χ0) is 12.8. The molecule has 0 aromatic rings. The third-order valence-corrected chi connectivity index (χ3v) is 2.41. The molecule has 0 spiro atoms. The van der Waals surface area contributed by atoms with Gasteiger partial charge >= 0.3 is 6.18 Å². The van der Waals surface area contributed by atoms with Crippen molar-refractivity contribution >= 4 is 0 Å². The molecule has 0 heterocycles. The molecule has 2 nitrogen and oxygen atoms in total. The number of nitrogens with two attached hydrogens (primary N) is 1. The van der Waals surface area contributed by atoms with Crippen molar-refractivity contribution in [2.45, 2.75) is 58.4 Å². The fourth-order valence-corrected chi connectivity index (χ4v) is 1.38. The SMILES string of the molecule is CCC(N)C(OCCCC(C)C)C(F)(F)F. The lowest BCUT2D eigenvalue weighted by Crippen LogP contribution is -2.46. The first-order valence-electron chi connectivity index (χ1n) is 5.72. The van der Waals surface area contributed by atoms with E-state index < -0.39 is 18.3 Å². The molecule has 0 aliphatic heterocycles. The van der Waals surface area contributed by atoms with Crippen LogP contribution in [-0.4, -0.2) is 24.9 Å². The van der Waals surface area contributed by atoms with Gasteiger partial charge in [0.15, 0.2) is 6.10 Å². The predicted molar refractivity (Wildman–Crippen MR) is 58.1 cm³/mol. The standard InChI is InChI=1S/C11H22F3NO/c1-4-9(15)10(11(12,13)14)16-7-5-6-8(2)3/h8-10H,4-7,15H2,1-3H3. The second-order valence-corrected chi connectivity index (χ2v) is 4.44. The Hall–Kier alpha value is -0.290. The fraction of sp³-hybridized carbons (Fsp3) is 1.00. The van der Waals surface area contributed by atoms with Crippen molar-refractivity contribution in [3.63, 3.8) is 0 Å². The Labute approximate surface area is 95.3 Å². The molecule has 2 unspecified atom stereocenters. The second-order valence-electron chi connectivity index (χ2n) is 4.44. The van der Waals surface area contributed by atoms with Crippen molar-refractivity contribution in [3.05, 3.63) is 0 Å². The lowest BCUT2D eigenvalue weighted by molar-refractivity contribution is -0.226. The van der Waals surface area contributed by atoms with Crippen LogP contribution in [0.3, 0.4) is 0 Å². The van der Waals surface area contributed by atoms with E-state index in [2.05, 4.69) is 0 Å². The largest absolute Gasteiger partial charge is 0.416 e. The molecule has 0 aromatic heterocycles. The summed E-state index contributed by atoms with van der Waals surface area (Å²) in [5, 5.41) is 0. The Balaban J connectivity index is 4.04. The zero-order valence-electron chi connectivity index (χ0n) is 10.2. The molecule has 0 saturated carbocycles. The van der Waals surface area contributed by atoms with Gasteiger partial charge in [-0.05, 0) is 25.2 Å². The maximum atomic E-state index is 12.5. The van der Waals surface area contributed by atoms with Crippen molar-refractivity contribution in [1.82, 2.24) is 0 Å². The highest BCUT2D eigenvalue weighted by Gasteiger charge is 2.43. The van der Waals surface area contributed by atoms with Gasteiger partial charge in [-0.1, -0.05) is 20.8 Å². The van der Waals surface area contributed by atoms with Gasteiger partial charge in [0.2, 0.25) is 0 Å². The van der Waals surface area contributed by atoms with Crippen LogP contribution in [0, 0.1) is 5.92 Å². The molecule has 0 bridgehead atoms. The van der Waals surface area contributed by atoms with E-state index in [9.17, 15) is 13.2 Å². The van der Waals surface area contributed by atoms with E-state index >= 15 is 0 Å². The highest BCUT2D eigenvalue weighted by molar-refractivity contribution is 4.79. The topological polar surface area (TPSA) is 35.2 Å². The van der Waals surface area contributed by atoms with Gasteiger partial charge in [0, 0.05) is 12.6 Å². The molecular weight excluding hydrogens is 219 g/mol. The number of hydrogen-bond donors (Lipinski definition) is 1. The number of rotatable bonds is 7. The van der Waals surface area contributed by atoms with Crippen LogP contribution in [0.25, 0.3) is 0 Å². The average molecular weight is 241 g/mol. The third-order valence-electron chi connectivity index (χ3n) is 2.41. The van der Waals surface area contributed by atoms with Gasteiger partial charge < -0.3 is 10.5 Å². The van der Waals surface area contributed by atoms with Crippen LogP contribution >= 0.6 is 0 Å². The van der Waals surface area contributed by atoms with Crippen LogP contribution in [0.5, 0.6) is 0 Å². The molecule has 0 radical (unpaired) electrons. The lowest BCUT2D eigenvalue weighted by Gasteiger charge is -2.25. The monoisotopic (exact) mass is 241 g/mol. The van der Waals surface area contributed by atoms with Crippen LogP contribution in [-0.2, 0) is 4.74 Å². The van der Waals surface area contributed by atoms with Crippen molar-refractivity contribution in [3.8, 4) is 0 Å². The molecule has 0 saturated heterocycles. The van der Waals surface area contributed by atoms with E-state index in [1.54, 1.807) is 6.92 Å². The average Bonchev–Trinajstić information content (AvgIpc) is 2.14. The van der Waals surface area contributed by atoms with Crippen molar-refractivity contribution in [2.75, 3.05) is 6.61 Å². The van der Waals surface area contributed by atoms with Crippen LogP contribution < -0.4 is 5.73 Å². The summed E-state index contributed by atoms with van der Waals surface area (Å²) in [6.45, 7) is 5.80. The Morgan fingerprint density at radius 1 is 1.25 bits per heavy atom. The Kier molecular flexibility index (Phi) is 6.99. The van der Waals surface area contributed by atoms with Gasteiger partial charge in [-0.3, -0.25) is 0 Å². The van der Waals surface area contributed by atoms with Gasteiger partial charge in [-0.25, -0.2) is 0 Å². The van der Waals surface area contributed by atoms with E-state index in [-0.39, 0.29) is 13.0 Å². The number of hydrogen-bond acceptors (Lipinski definition) is 2. The minimum absolute atomic E-state index is 0.121. The van der Waals surface area contributed by atoms with E-state index in [4.69, 9.17) is 10.5 Å².